The van der Waals surface area contributed by atoms with Crippen LogP contribution in [0.2, 0.25) is 0 Å². The number of carbonyl (C=O) groups excluding carboxylic acids is 1. The second kappa shape index (κ2) is 34.2. The van der Waals surface area contributed by atoms with E-state index in [2.05, 4.69) is 187 Å². The molecular weight excluding hydrogens is 795 g/mol. The van der Waals surface area contributed by atoms with E-state index in [1.54, 1.807) is 14.0 Å². The highest BCUT2D eigenvalue weighted by atomic mass is 16.8. The Kier molecular flexibility index (Phi) is 28.8. The molecule has 2 unspecified atom stereocenters. The first-order valence-electron chi connectivity index (χ1n) is 22.1. The van der Waals surface area contributed by atoms with Gasteiger partial charge >= 0.3 is 0 Å². The molecule has 7 nitrogen and oxygen atoms in total. The van der Waals surface area contributed by atoms with E-state index in [9.17, 15) is 4.79 Å². The van der Waals surface area contributed by atoms with Gasteiger partial charge in [0.25, 0.3) is 5.91 Å². The Morgan fingerprint density at radius 3 is 1.59 bits per heavy atom. The molecule has 0 aliphatic carbocycles. The van der Waals surface area contributed by atoms with E-state index in [0.29, 0.717) is 18.4 Å². The fourth-order valence-electron chi connectivity index (χ4n) is 6.69. The lowest BCUT2D eigenvalue weighted by molar-refractivity contribution is -0.259. The maximum atomic E-state index is 13.2. The van der Waals surface area contributed by atoms with Crippen LogP contribution in [0.25, 0.3) is 0 Å². The molecule has 8 atom stereocenters. The smallest absolute Gasteiger partial charge is 0.297 e. The van der Waals surface area contributed by atoms with E-state index in [4.69, 9.17) is 23.7 Å². The van der Waals surface area contributed by atoms with Gasteiger partial charge in [0.1, 0.15) is 12.2 Å². The number of amides is 1. The molecule has 0 saturated carbocycles. The summed E-state index contributed by atoms with van der Waals surface area (Å²) in [6.45, 7) is 14.8. The zero-order chi connectivity index (χ0) is 46.5. The van der Waals surface area contributed by atoms with Gasteiger partial charge in [0.2, 0.25) is 0 Å². The van der Waals surface area contributed by atoms with Gasteiger partial charge in [-0.15, -0.1) is 0 Å². The molecule has 1 N–H and O–H groups in total. The van der Waals surface area contributed by atoms with Crippen molar-refractivity contribution in [1.82, 2.24) is 5.32 Å². The first-order valence-corrected chi connectivity index (χ1v) is 22.1. The first-order chi connectivity index (χ1) is 31.1. The number of nitrogens with one attached hydrogen (secondary N) is 1. The third-order valence-corrected chi connectivity index (χ3v) is 10.3. The van der Waals surface area contributed by atoms with Gasteiger partial charge in [0.15, 0.2) is 12.1 Å². The number of hydrogen-bond acceptors (Lipinski definition) is 6. The van der Waals surface area contributed by atoms with E-state index in [0.717, 1.165) is 12.8 Å². The van der Waals surface area contributed by atoms with Crippen molar-refractivity contribution in [2.24, 2.45) is 17.8 Å². The van der Waals surface area contributed by atoms with E-state index >= 15 is 0 Å². The molecule has 2 saturated heterocycles. The molecule has 0 spiro atoms. The first kappa shape index (κ1) is 53.9. The summed E-state index contributed by atoms with van der Waals surface area (Å²) in [5, 5.41) is 3.01. The SMILES string of the molecule is CC#CC#CC#CC#CC#CC#CC#CC#CC#CC#CC#CC#CC(=O)N[C@@H](CO[C@H]1OC(COC)[C@H](C)[C@H](C)C1C)[C@@H]1OC(C)(C)O[C@@H]1C=CCCCCCCCCCCCC. The summed E-state index contributed by atoms with van der Waals surface area (Å²) in [5.74, 6) is 60.5. The predicted octanol–water partition coefficient (Wildman–Crippen LogP) is 7.22. The van der Waals surface area contributed by atoms with Crippen LogP contribution in [0.3, 0.4) is 0 Å². The highest BCUT2D eigenvalue weighted by Gasteiger charge is 2.46. The summed E-state index contributed by atoms with van der Waals surface area (Å²) in [4.78, 5) is 13.2. The van der Waals surface area contributed by atoms with Crippen molar-refractivity contribution in [2.45, 2.75) is 156 Å². The van der Waals surface area contributed by atoms with Crippen LogP contribution in [0.15, 0.2) is 12.2 Å². The Labute approximate surface area is 386 Å². The van der Waals surface area contributed by atoms with Gasteiger partial charge in [0, 0.05) is 54.5 Å². The lowest BCUT2D eigenvalue weighted by atomic mass is 9.79. The highest BCUT2D eigenvalue weighted by Crippen LogP contribution is 2.36. The second-order valence-corrected chi connectivity index (χ2v) is 15.6. The third-order valence-electron chi connectivity index (χ3n) is 10.3. The van der Waals surface area contributed by atoms with Gasteiger partial charge in [-0.3, -0.25) is 4.79 Å². The lowest BCUT2D eigenvalue weighted by Gasteiger charge is -2.43. The van der Waals surface area contributed by atoms with Crippen molar-refractivity contribution < 1.29 is 28.5 Å². The van der Waals surface area contributed by atoms with E-state index in [1.165, 1.54) is 57.8 Å². The summed E-state index contributed by atoms with van der Waals surface area (Å²) >= 11 is 0. The van der Waals surface area contributed by atoms with Crippen LogP contribution < -0.4 is 5.32 Å². The average Bonchev–Trinajstić information content (AvgIpc) is 3.59. The van der Waals surface area contributed by atoms with Gasteiger partial charge < -0.3 is 29.0 Å². The van der Waals surface area contributed by atoms with Crippen molar-refractivity contribution in [2.75, 3.05) is 20.3 Å². The number of unbranched alkanes of at least 4 members (excludes halogenated alkanes) is 10. The molecule has 2 fully saturated rings. The minimum absolute atomic E-state index is 0.109. The number of methoxy groups -OCH3 is 1. The zero-order valence-corrected chi connectivity index (χ0v) is 38.9. The fraction of sp³-hybridized carbons (Fsp3) is 0.526. The molecule has 64 heavy (non-hydrogen) atoms. The fourth-order valence-corrected chi connectivity index (χ4v) is 6.69. The molecule has 0 aromatic heterocycles. The third kappa shape index (κ3) is 24.4. The van der Waals surface area contributed by atoms with Gasteiger partial charge in [-0.05, 0) is 140 Å². The van der Waals surface area contributed by atoms with E-state index < -0.39 is 36.2 Å². The minimum atomic E-state index is -0.877. The number of rotatable bonds is 19. The minimum Gasteiger partial charge on any atom is -0.382 e. The quantitative estimate of drug-likeness (QED) is 0.0842. The Bertz CT molecular complexity index is 2340. The van der Waals surface area contributed by atoms with Gasteiger partial charge in [0.05, 0.1) is 25.4 Å². The Hall–Kier alpha value is -6.27. The van der Waals surface area contributed by atoms with Crippen LogP contribution in [0.4, 0.5) is 0 Å². The van der Waals surface area contributed by atoms with Gasteiger partial charge in [-0.25, -0.2) is 0 Å². The molecule has 0 radical (unpaired) electrons. The predicted molar refractivity (Wildman–Crippen MR) is 254 cm³/mol. The molecular formula is C57H61NO6. The molecule has 0 aromatic rings. The molecule has 2 aliphatic heterocycles. The normalized spacial score (nSPS) is 20.9. The largest absolute Gasteiger partial charge is 0.382 e. The summed E-state index contributed by atoms with van der Waals surface area (Å²) in [7, 11) is 1.67. The summed E-state index contributed by atoms with van der Waals surface area (Å²) in [6, 6.07) is -0.611. The molecule has 1 amide bonds. The average molecular weight is 856 g/mol. The number of ether oxygens (including phenoxy) is 5. The van der Waals surface area contributed by atoms with Crippen molar-refractivity contribution in [3.8, 4) is 142 Å². The van der Waals surface area contributed by atoms with E-state index in [-0.39, 0.29) is 18.6 Å². The molecule has 2 rings (SSSR count). The standard InChI is InChI=1S/C57H61NO6/c1-9-11-13-15-17-19-21-23-24-25-26-27-28-29-30-31-32-33-35-37-39-41-43-45-54(59)58-51(46-61-56-50(5)48(3)49(4)53(62-56)47-60-8)55-52(63-57(6,7)64-55)44-42-40-38-36-34-22-20-18-16-14-12-10-2/h42,44,48-53,55-56H,10,12,14,16,18,20,22,34,36,38,40,46-47H2,1-8H3,(H,58,59)/t48-,49+,50?,51-,52+,53?,55-,56-/m0/s1. The maximum Gasteiger partial charge on any atom is 0.297 e. The summed E-state index contributed by atoms with van der Waals surface area (Å²) in [6.07, 6.45) is 16.4. The Balaban J connectivity index is 2.05. The molecule has 2 heterocycles. The van der Waals surface area contributed by atoms with Gasteiger partial charge in [-0.1, -0.05) is 104 Å². The topological polar surface area (TPSA) is 75.3 Å². The molecule has 0 bridgehead atoms. The van der Waals surface area contributed by atoms with Crippen molar-refractivity contribution in [1.29, 1.82) is 0 Å². The monoisotopic (exact) mass is 855 g/mol. The van der Waals surface area contributed by atoms with Crippen LogP contribution in [0.1, 0.15) is 119 Å². The molecule has 0 aromatic carbocycles. The van der Waals surface area contributed by atoms with Crippen LogP contribution in [0, 0.1) is 160 Å². The van der Waals surface area contributed by atoms with Crippen LogP contribution in [-0.2, 0) is 28.5 Å². The molecule has 2 aliphatic rings. The van der Waals surface area contributed by atoms with Crippen molar-refractivity contribution in [3.63, 3.8) is 0 Å². The molecule has 7 heteroatoms. The van der Waals surface area contributed by atoms with Crippen LogP contribution in [0.5, 0.6) is 0 Å². The Morgan fingerprint density at radius 2 is 1.11 bits per heavy atom. The number of allylic oxidation sites excluding steroid dienone is 1. The highest BCUT2D eigenvalue weighted by molar-refractivity contribution is 5.94. The van der Waals surface area contributed by atoms with Crippen LogP contribution in [-0.4, -0.2) is 62.7 Å². The van der Waals surface area contributed by atoms with Gasteiger partial charge in [-0.2, -0.15) is 0 Å². The molecule has 330 valence electrons. The summed E-state index contributed by atoms with van der Waals surface area (Å²) in [5.41, 5.74) is 0. The van der Waals surface area contributed by atoms with E-state index in [1.807, 2.05) is 13.8 Å². The maximum absolute atomic E-state index is 13.2. The van der Waals surface area contributed by atoms with Crippen molar-refractivity contribution >= 4 is 5.91 Å². The lowest BCUT2D eigenvalue weighted by Crippen LogP contribution is -2.52. The summed E-state index contributed by atoms with van der Waals surface area (Å²) < 4.78 is 31.1. The second-order valence-electron chi connectivity index (χ2n) is 15.6. The Morgan fingerprint density at radius 1 is 0.641 bits per heavy atom. The number of hydrogen-bond donors (Lipinski definition) is 1. The zero-order valence-electron chi connectivity index (χ0n) is 38.9. The number of carbonyl (C=O) groups is 1. The van der Waals surface area contributed by atoms with Crippen LogP contribution >= 0.6 is 0 Å². The van der Waals surface area contributed by atoms with Crippen molar-refractivity contribution in [3.05, 3.63) is 12.2 Å².